The van der Waals surface area contributed by atoms with Crippen LogP contribution in [0.4, 0.5) is 0 Å². The third kappa shape index (κ3) is 4.10. The van der Waals surface area contributed by atoms with E-state index in [1.807, 2.05) is 55.5 Å². The minimum Gasteiger partial charge on any atom is -0.481 e. The molecule has 1 atom stereocenters. The van der Waals surface area contributed by atoms with Crippen LogP contribution in [0.2, 0.25) is 0 Å². The van der Waals surface area contributed by atoms with Crippen LogP contribution in [-0.2, 0) is 11.3 Å². The van der Waals surface area contributed by atoms with Crippen molar-refractivity contribution >= 4 is 5.91 Å². The van der Waals surface area contributed by atoms with Crippen molar-refractivity contribution in [1.82, 2.24) is 4.90 Å². The molecule has 0 aliphatic carbocycles. The Morgan fingerprint density at radius 1 is 1.09 bits per heavy atom. The van der Waals surface area contributed by atoms with Gasteiger partial charge in [0.05, 0.1) is 0 Å². The molecule has 0 heterocycles. The summed E-state index contributed by atoms with van der Waals surface area (Å²) in [4.78, 5) is 14.1. The van der Waals surface area contributed by atoms with Crippen molar-refractivity contribution in [3.63, 3.8) is 0 Å². The quantitative estimate of drug-likeness (QED) is 0.841. The fourth-order valence-corrected chi connectivity index (χ4v) is 2.29. The third-order valence-electron chi connectivity index (χ3n) is 3.78. The van der Waals surface area contributed by atoms with Gasteiger partial charge in [-0.1, -0.05) is 36.4 Å². The molecule has 0 saturated carbocycles. The minimum absolute atomic E-state index is 0.0259. The van der Waals surface area contributed by atoms with Gasteiger partial charge < -0.3 is 9.64 Å². The first-order valence-corrected chi connectivity index (χ1v) is 7.50. The van der Waals surface area contributed by atoms with Gasteiger partial charge in [0.1, 0.15) is 5.75 Å². The molecule has 0 bridgehead atoms. The predicted octanol–water partition coefficient (Wildman–Crippen LogP) is 3.73. The average molecular weight is 297 g/mol. The van der Waals surface area contributed by atoms with Crippen molar-refractivity contribution in [2.24, 2.45) is 0 Å². The summed E-state index contributed by atoms with van der Waals surface area (Å²) in [5.41, 5.74) is 3.49. The Labute approximate surface area is 132 Å². The van der Waals surface area contributed by atoms with Gasteiger partial charge in [-0.2, -0.15) is 0 Å². The number of ether oxygens (including phenoxy) is 1. The van der Waals surface area contributed by atoms with Crippen LogP contribution < -0.4 is 4.74 Å². The standard InChI is InChI=1S/C19H23NO2/c1-14-10-11-18(12-15(14)2)22-16(3)19(21)20(4)13-17-8-6-5-7-9-17/h5-12,16H,13H2,1-4H3/t16-/m1/s1. The highest BCUT2D eigenvalue weighted by Crippen LogP contribution is 2.18. The first-order valence-electron chi connectivity index (χ1n) is 7.50. The van der Waals surface area contributed by atoms with Crippen LogP contribution in [0.1, 0.15) is 23.6 Å². The Morgan fingerprint density at radius 2 is 1.77 bits per heavy atom. The van der Waals surface area contributed by atoms with Gasteiger partial charge in [-0.05, 0) is 49.6 Å². The summed E-state index contributed by atoms with van der Waals surface area (Å²) < 4.78 is 5.78. The van der Waals surface area contributed by atoms with Gasteiger partial charge in [-0.25, -0.2) is 0 Å². The zero-order valence-electron chi connectivity index (χ0n) is 13.7. The molecule has 1 amide bonds. The molecule has 0 aliphatic heterocycles. The zero-order chi connectivity index (χ0) is 16.1. The fraction of sp³-hybridized carbons (Fsp3) is 0.316. The van der Waals surface area contributed by atoms with E-state index in [-0.39, 0.29) is 5.91 Å². The molecule has 0 fully saturated rings. The molecule has 3 heteroatoms. The Morgan fingerprint density at radius 3 is 2.41 bits per heavy atom. The number of benzene rings is 2. The molecule has 0 aliphatic rings. The summed E-state index contributed by atoms with van der Waals surface area (Å²) in [5.74, 6) is 0.708. The van der Waals surface area contributed by atoms with E-state index in [2.05, 4.69) is 6.92 Å². The molecular weight excluding hydrogens is 274 g/mol. The Kier molecular flexibility index (Phi) is 5.21. The Hall–Kier alpha value is -2.29. The van der Waals surface area contributed by atoms with Crippen molar-refractivity contribution in [3.05, 3.63) is 65.2 Å². The lowest BCUT2D eigenvalue weighted by Gasteiger charge is -2.22. The monoisotopic (exact) mass is 297 g/mol. The number of hydrogen-bond donors (Lipinski definition) is 0. The van der Waals surface area contributed by atoms with Crippen LogP contribution in [-0.4, -0.2) is 24.0 Å². The van der Waals surface area contributed by atoms with Crippen LogP contribution in [0.3, 0.4) is 0 Å². The largest absolute Gasteiger partial charge is 0.481 e. The number of nitrogens with zero attached hydrogens (tertiary/aromatic N) is 1. The van der Waals surface area contributed by atoms with Crippen LogP contribution in [0, 0.1) is 13.8 Å². The first-order chi connectivity index (χ1) is 10.5. The molecular formula is C19H23NO2. The number of carbonyl (C=O) groups excluding carboxylic acids is 1. The van der Waals surface area contributed by atoms with E-state index in [9.17, 15) is 4.79 Å². The molecule has 0 unspecified atom stereocenters. The van der Waals surface area contributed by atoms with Gasteiger partial charge in [0.2, 0.25) is 0 Å². The first kappa shape index (κ1) is 16.1. The number of likely N-dealkylation sites (N-methyl/N-ethyl adjacent to an activating group) is 1. The maximum Gasteiger partial charge on any atom is 0.263 e. The molecule has 2 aromatic carbocycles. The van der Waals surface area contributed by atoms with E-state index in [4.69, 9.17) is 4.74 Å². The van der Waals surface area contributed by atoms with E-state index < -0.39 is 6.10 Å². The summed E-state index contributed by atoms with van der Waals surface area (Å²) in [5, 5.41) is 0. The zero-order valence-corrected chi connectivity index (χ0v) is 13.7. The molecule has 0 saturated heterocycles. The van der Waals surface area contributed by atoms with Gasteiger partial charge in [0, 0.05) is 13.6 Å². The van der Waals surface area contributed by atoms with E-state index in [0.717, 1.165) is 16.9 Å². The highest BCUT2D eigenvalue weighted by atomic mass is 16.5. The van der Waals surface area contributed by atoms with E-state index in [0.29, 0.717) is 6.54 Å². The highest BCUT2D eigenvalue weighted by molar-refractivity contribution is 5.80. The molecule has 0 aromatic heterocycles. The SMILES string of the molecule is Cc1ccc(O[C@H](C)C(=O)N(C)Cc2ccccc2)cc1C. The van der Waals surface area contributed by atoms with Gasteiger partial charge in [-0.3, -0.25) is 4.79 Å². The average Bonchev–Trinajstić information content (AvgIpc) is 2.51. The molecule has 3 nitrogen and oxygen atoms in total. The molecule has 0 N–H and O–H groups in total. The number of rotatable bonds is 5. The van der Waals surface area contributed by atoms with Gasteiger partial charge in [0.15, 0.2) is 6.10 Å². The van der Waals surface area contributed by atoms with Gasteiger partial charge in [0.25, 0.3) is 5.91 Å². The van der Waals surface area contributed by atoms with Crippen molar-refractivity contribution in [2.45, 2.75) is 33.4 Å². The molecule has 2 rings (SSSR count). The van der Waals surface area contributed by atoms with E-state index in [1.54, 1.807) is 18.9 Å². The predicted molar refractivity (Wildman–Crippen MR) is 88.9 cm³/mol. The van der Waals surface area contributed by atoms with Crippen molar-refractivity contribution in [2.75, 3.05) is 7.05 Å². The maximum absolute atomic E-state index is 12.4. The summed E-state index contributed by atoms with van der Waals surface area (Å²) in [6.45, 7) is 6.47. The van der Waals surface area contributed by atoms with Crippen molar-refractivity contribution in [1.29, 1.82) is 0 Å². The summed E-state index contributed by atoms with van der Waals surface area (Å²) >= 11 is 0. The second-order valence-electron chi connectivity index (χ2n) is 5.69. The number of hydrogen-bond acceptors (Lipinski definition) is 2. The lowest BCUT2D eigenvalue weighted by Crippen LogP contribution is -2.37. The second kappa shape index (κ2) is 7.12. The van der Waals surface area contributed by atoms with Crippen LogP contribution in [0.15, 0.2) is 48.5 Å². The second-order valence-corrected chi connectivity index (χ2v) is 5.69. The lowest BCUT2D eigenvalue weighted by atomic mass is 10.1. The van der Waals surface area contributed by atoms with E-state index in [1.165, 1.54) is 5.56 Å². The summed E-state index contributed by atoms with van der Waals surface area (Å²) in [6.07, 6.45) is -0.504. The number of aryl methyl sites for hydroxylation is 2. The fourth-order valence-electron chi connectivity index (χ4n) is 2.29. The third-order valence-corrected chi connectivity index (χ3v) is 3.78. The van der Waals surface area contributed by atoms with Crippen LogP contribution >= 0.6 is 0 Å². The smallest absolute Gasteiger partial charge is 0.263 e. The molecule has 0 spiro atoms. The van der Waals surface area contributed by atoms with Gasteiger partial charge >= 0.3 is 0 Å². The Bertz CT molecular complexity index is 637. The topological polar surface area (TPSA) is 29.5 Å². The molecule has 0 radical (unpaired) electrons. The molecule has 116 valence electrons. The Balaban J connectivity index is 1.97. The minimum atomic E-state index is -0.504. The summed E-state index contributed by atoms with van der Waals surface area (Å²) in [6, 6.07) is 15.8. The highest BCUT2D eigenvalue weighted by Gasteiger charge is 2.19. The molecule has 22 heavy (non-hydrogen) atoms. The van der Waals surface area contributed by atoms with Gasteiger partial charge in [-0.15, -0.1) is 0 Å². The van der Waals surface area contributed by atoms with Crippen molar-refractivity contribution < 1.29 is 9.53 Å². The van der Waals surface area contributed by atoms with E-state index >= 15 is 0 Å². The lowest BCUT2D eigenvalue weighted by molar-refractivity contribution is -0.137. The number of carbonyl (C=O) groups is 1. The molecule has 2 aromatic rings. The normalized spacial score (nSPS) is 11.8. The number of amides is 1. The van der Waals surface area contributed by atoms with Crippen LogP contribution in [0.5, 0.6) is 5.75 Å². The summed E-state index contributed by atoms with van der Waals surface area (Å²) in [7, 11) is 1.80. The van der Waals surface area contributed by atoms with Crippen molar-refractivity contribution in [3.8, 4) is 5.75 Å². The maximum atomic E-state index is 12.4. The van der Waals surface area contributed by atoms with Crippen LogP contribution in [0.25, 0.3) is 0 Å².